The Bertz CT molecular complexity index is 709. The van der Waals surface area contributed by atoms with Crippen LogP contribution in [0, 0.1) is 5.41 Å². The van der Waals surface area contributed by atoms with Gasteiger partial charge in [0.25, 0.3) is 0 Å². The molecule has 1 aromatic carbocycles. The molecule has 142 valence electrons. The zero-order valence-electron chi connectivity index (χ0n) is 16.0. The summed E-state index contributed by atoms with van der Waals surface area (Å²) in [6.07, 6.45) is 5.03. The van der Waals surface area contributed by atoms with Crippen molar-refractivity contribution in [2.24, 2.45) is 10.4 Å². The van der Waals surface area contributed by atoms with E-state index >= 15 is 0 Å². The van der Waals surface area contributed by atoms with E-state index in [1.807, 2.05) is 23.1 Å². The summed E-state index contributed by atoms with van der Waals surface area (Å²) in [5, 5.41) is 7.77. The van der Waals surface area contributed by atoms with Crippen molar-refractivity contribution in [3.05, 3.63) is 53.9 Å². The second kappa shape index (κ2) is 9.39. The Kier molecular flexibility index (Phi) is 7.49. The van der Waals surface area contributed by atoms with Crippen LogP contribution in [0.2, 0.25) is 0 Å². The first-order valence-electron chi connectivity index (χ1n) is 9.15. The maximum Gasteiger partial charge on any atom is 0.194 e. The highest BCUT2D eigenvalue weighted by molar-refractivity contribution is 14.0. The SMILES string of the molecule is CCNC(=NCc1ccccc1Cn1cccn1)N1CCC(C)(C)C1.I. The van der Waals surface area contributed by atoms with Gasteiger partial charge in [0, 0.05) is 32.0 Å². The van der Waals surface area contributed by atoms with E-state index in [2.05, 4.69) is 60.4 Å². The standard InChI is InChI=1S/C20H29N5.HI/c1-4-21-19(24-13-10-20(2,3)16-24)22-14-17-8-5-6-9-18(17)15-25-12-7-11-23-25;/h5-9,11-12H,4,10,13-16H2,1-3H3,(H,21,22);1H. The molecule has 3 rings (SSSR count). The van der Waals surface area contributed by atoms with E-state index in [-0.39, 0.29) is 24.0 Å². The predicted octanol–water partition coefficient (Wildman–Crippen LogP) is 3.75. The molecule has 0 saturated carbocycles. The van der Waals surface area contributed by atoms with E-state index in [1.54, 1.807) is 0 Å². The predicted molar refractivity (Wildman–Crippen MR) is 118 cm³/mol. The minimum Gasteiger partial charge on any atom is -0.357 e. The van der Waals surface area contributed by atoms with Crippen molar-refractivity contribution in [2.75, 3.05) is 19.6 Å². The van der Waals surface area contributed by atoms with Crippen molar-refractivity contribution in [1.29, 1.82) is 0 Å². The van der Waals surface area contributed by atoms with E-state index in [9.17, 15) is 0 Å². The largest absolute Gasteiger partial charge is 0.357 e. The zero-order valence-corrected chi connectivity index (χ0v) is 18.3. The van der Waals surface area contributed by atoms with Gasteiger partial charge in [-0.2, -0.15) is 5.10 Å². The highest BCUT2D eigenvalue weighted by atomic mass is 127. The lowest BCUT2D eigenvalue weighted by Gasteiger charge is -2.23. The van der Waals surface area contributed by atoms with Gasteiger partial charge in [-0.3, -0.25) is 4.68 Å². The maximum absolute atomic E-state index is 4.92. The highest BCUT2D eigenvalue weighted by Gasteiger charge is 2.30. The topological polar surface area (TPSA) is 45.5 Å². The van der Waals surface area contributed by atoms with Crippen LogP contribution in [-0.4, -0.2) is 40.3 Å². The summed E-state index contributed by atoms with van der Waals surface area (Å²) in [7, 11) is 0. The molecule has 2 heterocycles. The summed E-state index contributed by atoms with van der Waals surface area (Å²) in [4.78, 5) is 7.31. The molecule has 1 aliphatic rings. The maximum atomic E-state index is 4.92. The lowest BCUT2D eigenvalue weighted by Crippen LogP contribution is -2.40. The first kappa shape index (κ1) is 20.7. The fourth-order valence-electron chi connectivity index (χ4n) is 3.31. The van der Waals surface area contributed by atoms with Crippen LogP contribution in [0.15, 0.2) is 47.7 Å². The quantitative estimate of drug-likeness (QED) is 0.414. The van der Waals surface area contributed by atoms with E-state index < -0.39 is 0 Å². The molecule has 2 aromatic rings. The van der Waals surface area contributed by atoms with E-state index in [0.29, 0.717) is 12.0 Å². The molecule has 1 aromatic heterocycles. The van der Waals surface area contributed by atoms with Crippen LogP contribution in [0.1, 0.15) is 38.3 Å². The summed E-state index contributed by atoms with van der Waals surface area (Å²) in [6, 6.07) is 10.5. The zero-order chi connectivity index (χ0) is 17.7. The number of benzene rings is 1. The molecule has 1 saturated heterocycles. The van der Waals surface area contributed by atoms with Gasteiger partial charge in [-0.1, -0.05) is 38.1 Å². The number of likely N-dealkylation sites (tertiary alicyclic amines) is 1. The number of hydrogen-bond donors (Lipinski definition) is 1. The van der Waals surface area contributed by atoms with Crippen molar-refractivity contribution in [3.63, 3.8) is 0 Å². The Hall–Kier alpha value is -1.57. The second-order valence-corrected chi connectivity index (χ2v) is 7.48. The number of rotatable bonds is 5. The number of nitrogens with one attached hydrogen (secondary N) is 1. The molecule has 5 nitrogen and oxygen atoms in total. The summed E-state index contributed by atoms with van der Waals surface area (Å²) in [5.74, 6) is 1.03. The molecule has 0 amide bonds. The molecule has 6 heteroatoms. The van der Waals surface area contributed by atoms with Crippen LogP contribution in [0.25, 0.3) is 0 Å². The van der Waals surface area contributed by atoms with Gasteiger partial charge in [0.15, 0.2) is 5.96 Å². The Labute approximate surface area is 173 Å². The number of hydrogen-bond acceptors (Lipinski definition) is 2. The molecule has 0 unspecified atom stereocenters. The third-order valence-corrected chi connectivity index (χ3v) is 4.72. The molecule has 26 heavy (non-hydrogen) atoms. The molecule has 1 aliphatic heterocycles. The van der Waals surface area contributed by atoms with Crippen LogP contribution in [0.4, 0.5) is 0 Å². The first-order valence-corrected chi connectivity index (χ1v) is 9.15. The fourth-order valence-corrected chi connectivity index (χ4v) is 3.31. The number of halogens is 1. The van der Waals surface area contributed by atoms with Gasteiger partial charge in [0.2, 0.25) is 0 Å². The number of aliphatic imine (C=N–C) groups is 1. The van der Waals surface area contributed by atoms with Crippen molar-refractivity contribution in [2.45, 2.75) is 40.3 Å². The molecule has 1 N–H and O–H groups in total. The van der Waals surface area contributed by atoms with Crippen molar-refractivity contribution >= 4 is 29.9 Å². The van der Waals surface area contributed by atoms with E-state index in [4.69, 9.17) is 4.99 Å². The molecule has 1 fully saturated rings. The average Bonchev–Trinajstić information content (AvgIpc) is 3.22. The molecular weight excluding hydrogens is 437 g/mol. The van der Waals surface area contributed by atoms with Gasteiger partial charge < -0.3 is 10.2 Å². The Morgan fingerprint density at radius 1 is 1.23 bits per heavy atom. The third-order valence-electron chi connectivity index (χ3n) is 4.72. The molecule has 0 bridgehead atoms. The average molecular weight is 467 g/mol. The van der Waals surface area contributed by atoms with Crippen molar-refractivity contribution in [3.8, 4) is 0 Å². The third kappa shape index (κ3) is 5.46. The van der Waals surface area contributed by atoms with Crippen LogP contribution >= 0.6 is 24.0 Å². The van der Waals surface area contributed by atoms with Crippen LogP contribution in [0.5, 0.6) is 0 Å². The minimum absolute atomic E-state index is 0. The molecule has 0 spiro atoms. The van der Waals surface area contributed by atoms with E-state index in [1.165, 1.54) is 17.5 Å². The van der Waals surface area contributed by atoms with Crippen molar-refractivity contribution < 1.29 is 0 Å². The molecule has 0 aliphatic carbocycles. The number of aromatic nitrogens is 2. The van der Waals surface area contributed by atoms with Gasteiger partial charge >= 0.3 is 0 Å². The van der Waals surface area contributed by atoms with Gasteiger partial charge in [0.1, 0.15) is 0 Å². The second-order valence-electron chi connectivity index (χ2n) is 7.48. The number of nitrogens with zero attached hydrogens (tertiary/aromatic N) is 4. The first-order chi connectivity index (χ1) is 12.1. The fraction of sp³-hybridized carbons (Fsp3) is 0.500. The molecular formula is C20H30IN5. The Morgan fingerprint density at radius 3 is 2.62 bits per heavy atom. The number of guanidine groups is 1. The molecule has 0 radical (unpaired) electrons. The molecule has 0 atom stereocenters. The van der Waals surface area contributed by atoms with Crippen LogP contribution in [0.3, 0.4) is 0 Å². The summed E-state index contributed by atoms with van der Waals surface area (Å²) in [6.45, 7) is 11.3. The van der Waals surface area contributed by atoms with Gasteiger partial charge in [-0.25, -0.2) is 4.99 Å². The summed E-state index contributed by atoms with van der Waals surface area (Å²) in [5.41, 5.74) is 2.90. The minimum atomic E-state index is 0. The lowest BCUT2D eigenvalue weighted by atomic mass is 9.93. The van der Waals surface area contributed by atoms with E-state index in [0.717, 1.165) is 32.1 Å². The van der Waals surface area contributed by atoms with Gasteiger partial charge in [0.05, 0.1) is 13.1 Å². The highest BCUT2D eigenvalue weighted by Crippen LogP contribution is 2.28. The van der Waals surface area contributed by atoms with Crippen molar-refractivity contribution in [1.82, 2.24) is 20.0 Å². The summed E-state index contributed by atoms with van der Waals surface area (Å²) < 4.78 is 1.96. The normalized spacial score (nSPS) is 16.4. The monoisotopic (exact) mass is 467 g/mol. The van der Waals surface area contributed by atoms with Crippen LogP contribution < -0.4 is 5.32 Å². The van der Waals surface area contributed by atoms with Gasteiger partial charge in [-0.05, 0) is 36.0 Å². The Balaban J connectivity index is 0.00000243. The Morgan fingerprint density at radius 2 is 2.00 bits per heavy atom. The lowest BCUT2D eigenvalue weighted by molar-refractivity contribution is 0.370. The van der Waals surface area contributed by atoms with Gasteiger partial charge in [-0.15, -0.1) is 24.0 Å². The smallest absolute Gasteiger partial charge is 0.194 e. The summed E-state index contributed by atoms with van der Waals surface area (Å²) >= 11 is 0. The van der Waals surface area contributed by atoms with Crippen LogP contribution in [-0.2, 0) is 13.1 Å².